The molecular formula is C8H8OSe. The molecule has 0 radical (unpaired) electrons. The van der Waals surface area contributed by atoms with Crippen LogP contribution in [0.2, 0.25) is 0 Å². The molecule has 52 valence electrons. The average molecular weight is 199 g/mol. The molecule has 1 rings (SSSR count). The summed E-state index contributed by atoms with van der Waals surface area (Å²) in [6, 6.07) is 9.85. The first-order chi connectivity index (χ1) is 4.79. The fourth-order valence-corrected chi connectivity index (χ4v) is 1.97. The molecule has 0 N–H and O–H groups in total. The molecule has 2 heteroatoms. The molecule has 0 atom stereocenters. The molecule has 0 aliphatic carbocycles. The molecule has 1 nitrogen and oxygen atoms in total. The van der Waals surface area contributed by atoms with Gasteiger partial charge in [-0.3, -0.25) is 0 Å². The van der Waals surface area contributed by atoms with Crippen LogP contribution in [0.1, 0.15) is 6.92 Å². The maximum absolute atomic E-state index is 10.6. The van der Waals surface area contributed by atoms with E-state index >= 15 is 0 Å². The topological polar surface area (TPSA) is 17.1 Å². The van der Waals surface area contributed by atoms with E-state index in [0.717, 1.165) is 4.46 Å². The number of carbonyl (C=O) groups is 1. The van der Waals surface area contributed by atoms with Crippen LogP contribution in [-0.4, -0.2) is 19.6 Å². The third-order valence-electron chi connectivity index (χ3n) is 1.00. The molecule has 0 aliphatic heterocycles. The van der Waals surface area contributed by atoms with Gasteiger partial charge in [0.25, 0.3) is 0 Å². The van der Waals surface area contributed by atoms with E-state index in [0.29, 0.717) is 0 Å². The average Bonchev–Trinajstić information content (AvgIpc) is 1.88. The molecule has 1 aromatic carbocycles. The third-order valence-corrected chi connectivity index (χ3v) is 2.67. The van der Waals surface area contributed by atoms with Crippen LogP contribution in [0.25, 0.3) is 0 Å². The summed E-state index contributed by atoms with van der Waals surface area (Å²) in [5.41, 5.74) is 0. The van der Waals surface area contributed by atoms with E-state index in [-0.39, 0.29) is 19.6 Å². The van der Waals surface area contributed by atoms with E-state index in [1.54, 1.807) is 6.92 Å². The summed E-state index contributed by atoms with van der Waals surface area (Å²) >= 11 is 0.0290. The Bertz CT molecular complexity index is 218. The van der Waals surface area contributed by atoms with Crippen LogP contribution < -0.4 is 4.46 Å². The number of benzene rings is 1. The fourth-order valence-electron chi connectivity index (χ4n) is 0.655. The van der Waals surface area contributed by atoms with Crippen LogP contribution in [0.15, 0.2) is 30.3 Å². The Hall–Kier alpha value is -0.591. The normalized spacial score (nSPS) is 9.30. The van der Waals surface area contributed by atoms with Gasteiger partial charge >= 0.3 is 66.2 Å². The van der Waals surface area contributed by atoms with Gasteiger partial charge in [0.2, 0.25) is 0 Å². The van der Waals surface area contributed by atoms with Crippen molar-refractivity contribution >= 4 is 24.1 Å². The number of hydrogen-bond donors (Lipinski definition) is 0. The Morgan fingerprint density at radius 2 is 1.90 bits per heavy atom. The van der Waals surface area contributed by atoms with Crippen molar-refractivity contribution < 1.29 is 4.79 Å². The van der Waals surface area contributed by atoms with Gasteiger partial charge in [0.15, 0.2) is 0 Å². The van der Waals surface area contributed by atoms with Gasteiger partial charge in [-0.2, -0.15) is 0 Å². The molecule has 10 heavy (non-hydrogen) atoms. The predicted molar refractivity (Wildman–Crippen MR) is 42.5 cm³/mol. The Labute approximate surface area is 66.6 Å². The minimum atomic E-state index is 0.0290. The second kappa shape index (κ2) is 3.55. The van der Waals surface area contributed by atoms with E-state index < -0.39 is 0 Å². The molecule has 0 unspecified atom stereocenters. The quantitative estimate of drug-likeness (QED) is 0.636. The zero-order valence-corrected chi connectivity index (χ0v) is 7.42. The monoisotopic (exact) mass is 200 g/mol. The molecule has 1 aromatic rings. The van der Waals surface area contributed by atoms with Crippen molar-refractivity contribution in [3.05, 3.63) is 30.3 Å². The van der Waals surface area contributed by atoms with Gasteiger partial charge < -0.3 is 0 Å². The van der Waals surface area contributed by atoms with E-state index in [2.05, 4.69) is 0 Å². The third kappa shape index (κ3) is 2.34. The van der Waals surface area contributed by atoms with Crippen LogP contribution >= 0.6 is 0 Å². The first kappa shape index (κ1) is 7.52. The van der Waals surface area contributed by atoms with Gasteiger partial charge in [-0.25, -0.2) is 0 Å². The molecule has 0 saturated heterocycles. The minimum absolute atomic E-state index is 0.0290. The van der Waals surface area contributed by atoms with Crippen molar-refractivity contribution in [3.63, 3.8) is 0 Å². The Morgan fingerprint density at radius 1 is 1.30 bits per heavy atom. The standard InChI is InChI=1S/C8H8OSe/c1-7(9)10-8-5-3-2-4-6-8/h2-6H,1H3. The summed E-state index contributed by atoms with van der Waals surface area (Å²) in [4.78, 5) is 10.6. The molecule has 0 fully saturated rings. The molecular weight excluding hydrogens is 191 g/mol. The van der Waals surface area contributed by atoms with Gasteiger partial charge in [-0.05, 0) is 0 Å². The summed E-state index contributed by atoms with van der Waals surface area (Å²) in [6.45, 7) is 1.63. The molecule has 0 bridgehead atoms. The van der Waals surface area contributed by atoms with Crippen LogP contribution in [0.5, 0.6) is 0 Å². The molecule has 0 aromatic heterocycles. The molecule has 0 aliphatic rings. The van der Waals surface area contributed by atoms with E-state index in [9.17, 15) is 4.79 Å². The molecule has 0 spiro atoms. The second-order valence-corrected chi connectivity index (χ2v) is 4.53. The summed E-state index contributed by atoms with van der Waals surface area (Å²) in [7, 11) is 0. The van der Waals surface area contributed by atoms with Crippen molar-refractivity contribution in [2.75, 3.05) is 0 Å². The van der Waals surface area contributed by atoms with Gasteiger partial charge in [0.05, 0.1) is 0 Å². The second-order valence-electron chi connectivity index (χ2n) is 1.91. The zero-order chi connectivity index (χ0) is 7.40. The maximum atomic E-state index is 10.6. The summed E-state index contributed by atoms with van der Waals surface area (Å²) in [5.74, 6) is 0. The van der Waals surface area contributed by atoms with Gasteiger partial charge in [-0.15, -0.1) is 0 Å². The van der Waals surface area contributed by atoms with Crippen molar-refractivity contribution in [2.45, 2.75) is 6.92 Å². The molecule has 0 heterocycles. The molecule has 0 saturated carbocycles. The van der Waals surface area contributed by atoms with Crippen LogP contribution in [0, 0.1) is 0 Å². The van der Waals surface area contributed by atoms with Crippen LogP contribution in [0.4, 0.5) is 0 Å². The Morgan fingerprint density at radius 3 is 2.40 bits per heavy atom. The Balaban J connectivity index is 2.67. The fraction of sp³-hybridized carbons (Fsp3) is 0.125. The summed E-state index contributed by atoms with van der Waals surface area (Å²) in [6.07, 6.45) is 0. The van der Waals surface area contributed by atoms with Gasteiger partial charge in [0, 0.05) is 0 Å². The summed E-state index contributed by atoms with van der Waals surface area (Å²) < 4.78 is 1.43. The van der Waals surface area contributed by atoms with E-state index in [1.165, 1.54) is 0 Å². The van der Waals surface area contributed by atoms with E-state index in [1.807, 2.05) is 30.3 Å². The summed E-state index contributed by atoms with van der Waals surface area (Å²) in [5, 5.41) is 0. The Kier molecular flexibility index (Phi) is 2.67. The first-order valence-electron chi connectivity index (χ1n) is 3.02. The predicted octanol–water partition coefficient (Wildman–Crippen LogP) is 0.563. The van der Waals surface area contributed by atoms with Gasteiger partial charge in [-0.1, -0.05) is 0 Å². The SMILES string of the molecule is CC(=O)[Se]c1ccccc1. The molecule has 0 amide bonds. The van der Waals surface area contributed by atoms with E-state index in [4.69, 9.17) is 0 Å². The number of rotatable bonds is 2. The van der Waals surface area contributed by atoms with Crippen molar-refractivity contribution in [1.29, 1.82) is 0 Å². The van der Waals surface area contributed by atoms with Crippen LogP contribution in [-0.2, 0) is 4.79 Å². The number of hydrogen-bond acceptors (Lipinski definition) is 1. The van der Waals surface area contributed by atoms with Crippen molar-refractivity contribution in [3.8, 4) is 0 Å². The number of carbonyl (C=O) groups excluding carboxylic acids is 1. The zero-order valence-electron chi connectivity index (χ0n) is 5.70. The first-order valence-corrected chi connectivity index (χ1v) is 4.74. The van der Waals surface area contributed by atoms with Crippen molar-refractivity contribution in [1.82, 2.24) is 0 Å². The van der Waals surface area contributed by atoms with Crippen LogP contribution in [0.3, 0.4) is 0 Å². The van der Waals surface area contributed by atoms with Gasteiger partial charge in [0.1, 0.15) is 0 Å². The van der Waals surface area contributed by atoms with Crippen molar-refractivity contribution in [2.24, 2.45) is 0 Å².